The Morgan fingerprint density at radius 3 is 2.50 bits per heavy atom. The number of amides is 2. The Hall–Kier alpha value is -1.84. The lowest BCUT2D eigenvalue weighted by atomic mass is 10.1. The van der Waals surface area contributed by atoms with Crippen molar-refractivity contribution in [3.05, 3.63) is 29.3 Å². The third-order valence-electron chi connectivity index (χ3n) is 2.84. The Morgan fingerprint density at radius 2 is 1.89 bits per heavy atom. The van der Waals surface area contributed by atoms with Gasteiger partial charge in [0.25, 0.3) is 0 Å². The molecule has 0 aliphatic rings. The maximum absolute atomic E-state index is 11.7. The van der Waals surface area contributed by atoms with E-state index in [0.717, 1.165) is 17.5 Å². The average Bonchev–Trinajstić information content (AvgIpc) is 2.33. The molecule has 0 saturated heterocycles. The summed E-state index contributed by atoms with van der Waals surface area (Å²) >= 11 is 0. The molecule has 0 fully saturated rings. The number of aryl methyl sites for hydroxylation is 2. The maximum atomic E-state index is 11.7. The van der Waals surface area contributed by atoms with Crippen LogP contribution in [0.5, 0.6) is 0 Å². The fourth-order valence-corrected chi connectivity index (χ4v) is 1.44. The lowest BCUT2D eigenvalue weighted by Crippen LogP contribution is -2.40. The van der Waals surface area contributed by atoms with Crippen molar-refractivity contribution in [2.75, 3.05) is 5.32 Å². The van der Waals surface area contributed by atoms with Gasteiger partial charge in [0.05, 0.1) is 0 Å². The first-order valence-corrected chi connectivity index (χ1v) is 6.13. The van der Waals surface area contributed by atoms with Gasteiger partial charge in [0.15, 0.2) is 0 Å². The molecule has 0 heterocycles. The molecule has 0 saturated carbocycles. The molecule has 98 valence electrons. The van der Waals surface area contributed by atoms with Crippen LogP contribution in [-0.4, -0.2) is 17.9 Å². The molecule has 4 heteroatoms. The van der Waals surface area contributed by atoms with Crippen LogP contribution in [0, 0.1) is 13.8 Å². The molecular weight excluding hydrogens is 228 g/mol. The summed E-state index contributed by atoms with van der Waals surface area (Å²) in [5.74, 6) is -1.21. The van der Waals surface area contributed by atoms with Crippen molar-refractivity contribution in [2.24, 2.45) is 0 Å². The topological polar surface area (TPSA) is 58.2 Å². The minimum absolute atomic E-state index is 0.00172. The molecule has 0 spiro atoms. The van der Waals surface area contributed by atoms with Crippen LogP contribution in [0.3, 0.4) is 0 Å². The molecule has 1 aromatic carbocycles. The van der Waals surface area contributed by atoms with Gasteiger partial charge in [-0.25, -0.2) is 0 Å². The highest BCUT2D eigenvalue weighted by molar-refractivity contribution is 6.39. The number of hydrogen-bond acceptors (Lipinski definition) is 2. The average molecular weight is 248 g/mol. The van der Waals surface area contributed by atoms with Crippen LogP contribution in [0.1, 0.15) is 31.4 Å². The van der Waals surface area contributed by atoms with Crippen molar-refractivity contribution >= 4 is 17.5 Å². The van der Waals surface area contributed by atoms with Crippen LogP contribution in [0.2, 0.25) is 0 Å². The first-order chi connectivity index (χ1) is 8.43. The summed E-state index contributed by atoms with van der Waals surface area (Å²) in [4.78, 5) is 23.3. The first kappa shape index (κ1) is 14.2. The second-order valence-corrected chi connectivity index (χ2v) is 4.56. The standard InChI is InChI=1S/C14H20N2O2/c1-5-11(4)15-13(17)14(18)16-12-8-9(2)6-7-10(12)3/h6-8,11H,5H2,1-4H3,(H,15,17)(H,16,18). The molecule has 2 N–H and O–H groups in total. The van der Waals surface area contributed by atoms with Crippen LogP contribution in [-0.2, 0) is 9.59 Å². The zero-order chi connectivity index (χ0) is 13.7. The van der Waals surface area contributed by atoms with E-state index in [0.29, 0.717) is 5.69 Å². The quantitative estimate of drug-likeness (QED) is 0.805. The number of anilines is 1. The summed E-state index contributed by atoms with van der Waals surface area (Å²) in [6.45, 7) is 7.65. The molecule has 1 atom stereocenters. The van der Waals surface area contributed by atoms with E-state index in [1.165, 1.54) is 0 Å². The number of rotatable bonds is 3. The molecular formula is C14H20N2O2. The van der Waals surface area contributed by atoms with Gasteiger partial charge in [-0.2, -0.15) is 0 Å². The SMILES string of the molecule is CCC(C)NC(=O)C(=O)Nc1cc(C)ccc1C. The molecule has 0 bridgehead atoms. The third kappa shape index (κ3) is 3.87. The summed E-state index contributed by atoms with van der Waals surface area (Å²) in [6, 6.07) is 5.73. The van der Waals surface area contributed by atoms with Gasteiger partial charge in [-0.1, -0.05) is 19.1 Å². The predicted octanol–water partition coefficient (Wildman–Crippen LogP) is 2.16. The molecule has 0 aliphatic heterocycles. The van der Waals surface area contributed by atoms with Gasteiger partial charge < -0.3 is 10.6 Å². The van der Waals surface area contributed by atoms with E-state index >= 15 is 0 Å². The fourth-order valence-electron chi connectivity index (χ4n) is 1.44. The molecule has 0 radical (unpaired) electrons. The van der Waals surface area contributed by atoms with Crippen molar-refractivity contribution in [1.82, 2.24) is 5.32 Å². The molecule has 2 amide bonds. The van der Waals surface area contributed by atoms with E-state index < -0.39 is 11.8 Å². The second kappa shape index (κ2) is 6.19. The van der Waals surface area contributed by atoms with Crippen molar-refractivity contribution in [2.45, 2.75) is 40.2 Å². The Kier molecular flexibility index (Phi) is 4.89. The van der Waals surface area contributed by atoms with Gasteiger partial charge in [-0.15, -0.1) is 0 Å². The Morgan fingerprint density at radius 1 is 1.22 bits per heavy atom. The van der Waals surface area contributed by atoms with Crippen LogP contribution in [0.15, 0.2) is 18.2 Å². The predicted molar refractivity (Wildman–Crippen MR) is 72.4 cm³/mol. The Labute approximate surface area is 108 Å². The summed E-state index contributed by atoms with van der Waals surface area (Å²) in [5.41, 5.74) is 2.66. The normalized spacial score (nSPS) is 11.8. The summed E-state index contributed by atoms with van der Waals surface area (Å²) < 4.78 is 0. The van der Waals surface area contributed by atoms with Crippen molar-refractivity contribution in [3.63, 3.8) is 0 Å². The molecule has 1 rings (SSSR count). The van der Waals surface area contributed by atoms with Gasteiger partial charge in [0, 0.05) is 11.7 Å². The lowest BCUT2D eigenvalue weighted by molar-refractivity contribution is -0.136. The van der Waals surface area contributed by atoms with E-state index in [2.05, 4.69) is 10.6 Å². The minimum atomic E-state index is -0.621. The first-order valence-electron chi connectivity index (χ1n) is 6.13. The molecule has 4 nitrogen and oxygen atoms in total. The highest BCUT2D eigenvalue weighted by Gasteiger charge is 2.16. The van der Waals surface area contributed by atoms with E-state index in [4.69, 9.17) is 0 Å². The largest absolute Gasteiger partial charge is 0.345 e. The van der Waals surface area contributed by atoms with Gasteiger partial charge in [0.2, 0.25) is 0 Å². The zero-order valence-electron chi connectivity index (χ0n) is 11.3. The van der Waals surface area contributed by atoms with Gasteiger partial charge in [0.1, 0.15) is 0 Å². The van der Waals surface area contributed by atoms with E-state index in [1.807, 2.05) is 45.9 Å². The molecule has 1 unspecified atom stereocenters. The van der Waals surface area contributed by atoms with Crippen molar-refractivity contribution < 1.29 is 9.59 Å². The van der Waals surface area contributed by atoms with Gasteiger partial charge in [-0.05, 0) is 44.4 Å². The Balaban J connectivity index is 2.69. The van der Waals surface area contributed by atoms with Gasteiger partial charge in [-0.3, -0.25) is 9.59 Å². The number of hydrogen-bond donors (Lipinski definition) is 2. The fraction of sp³-hybridized carbons (Fsp3) is 0.429. The maximum Gasteiger partial charge on any atom is 0.313 e. The van der Waals surface area contributed by atoms with Crippen molar-refractivity contribution in [3.8, 4) is 0 Å². The minimum Gasteiger partial charge on any atom is -0.345 e. The van der Waals surface area contributed by atoms with E-state index in [-0.39, 0.29) is 6.04 Å². The number of nitrogens with one attached hydrogen (secondary N) is 2. The molecule has 0 aliphatic carbocycles. The second-order valence-electron chi connectivity index (χ2n) is 4.56. The number of carbonyl (C=O) groups is 2. The smallest absolute Gasteiger partial charge is 0.313 e. The van der Waals surface area contributed by atoms with E-state index in [1.54, 1.807) is 0 Å². The van der Waals surface area contributed by atoms with Crippen LogP contribution in [0.4, 0.5) is 5.69 Å². The van der Waals surface area contributed by atoms with Crippen LogP contribution in [0.25, 0.3) is 0 Å². The zero-order valence-corrected chi connectivity index (χ0v) is 11.3. The van der Waals surface area contributed by atoms with Crippen LogP contribution < -0.4 is 10.6 Å². The number of carbonyl (C=O) groups excluding carboxylic acids is 2. The highest BCUT2D eigenvalue weighted by atomic mass is 16.2. The molecule has 0 aromatic heterocycles. The third-order valence-corrected chi connectivity index (χ3v) is 2.84. The molecule has 18 heavy (non-hydrogen) atoms. The highest BCUT2D eigenvalue weighted by Crippen LogP contribution is 2.16. The summed E-state index contributed by atoms with van der Waals surface area (Å²) in [6.07, 6.45) is 0.794. The lowest BCUT2D eigenvalue weighted by Gasteiger charge is -2.12. The van der Waals surface area contributed by atoms with E-state index in [9.17, 15) is 9.59 Å². The summed E-state index contributed by atoms with van der Waals surface area (Å²) in [7, 11) is 0. The molecule has 1 aromatic rings. The number of benzene rings is 1. The van der Waals surface area contributed by atoms with Crippen LogP contribution >= 0.6 is 0 Å². The Bertz CT molecular complexity index is 455. The van der Waals surface area contributed by atoms with Gasteiger partial charge >= 0.3 is 11.8 Å². The van der Waals surface area contributed by atoms with Crippen molar-refractivity contribution in [1.29, 1.82) is 0 Å². The monoisotopic (exact) mass is 248 g/mol. The summed E-state index contributed by atoms with van der Waals surface area (Å²) in [5, 5.41) is 5.26.